The van der Waals surface area contributed by atoms with Crippen LogP contribution in [0.4, 0.5) is 0 Å². The van der Waals surface area contributed by atoms with Crippen LogP contribution in [0.5, 0.6) is 0 Å². The Bertz CT molecular complexity index is 705. The summed E-state index contributed by atoms with van der Waals surface area (Å²) in [6.07, 6.45) is 6.25. The molecule has 24 heavy (non-hydrogen) atoms. The highest BCUT2D eigenvalue weighted by atomic mass is 16.1. The van der Waals surface area contributed by atoms with Gasteiger partial charge in [-0.05, 0) is 17.4 Å². The maximum absolute atomic E-state index is 12.3. The van der Waals surface area contributed by atoms with Crippen molar-refractivity contribution in [1.82, 2.24) is 14.9 Å². The molecule has 1 aromatic carbocycles. The molecular weight excluding hydrogens is 298 g/mol. The van der Waals surface area contributed by atoms with Gasteiger partial charge in [0.1, 0.15) is 5.82 Å². The zero-order valence-corrected chi connectivity index (χ0v) is 14.9. The largest absolute Gasteiger partial charge is 0.355 e. The van der Waals surface area contributed by atoms with Gasteiger partial charge < -0.3 is 9.88 Å². The Morgan fingerprint density at radius 3 is 2.62 bits per heavy atom. The van der Waals surface area contributed by atoms with Gasteiger partial charge in [0.05, 0.1) is 0 Å². The second-order valence-corrected chi connectivity index (χ2v) is 7.43. The lowest BCUT2D eigenvalue weighted by molar-refractivity contribution is -0.121. The number of carbonyl (C=O) groups excluding carboxylic acids is 1. The third-order valence-corrected chi connectivity index (χ3v) is 5.53. The van der Waals surface area contributed by atoms with Crippen molar-refractivity contribution in [2.75, 3.05) is 6.54 Å². The normalized spacial score (nSPS) is 21.5. The van der Waals surface area contributed by atoms with Crippen LogP contribution < -0.4 is 5.32 Å². The van der Waals surface area contributed by atoms with Gasteiger partial charge in [0.15, 0.2) is 0 Å². The second kappa shape index (κ2) is 6.42. The molecule has 0 bridgehead atoms. The molecule has 2 aromatic rings. The molecule has 1 aromatic heterocycles. The van der Waals surface area contributed by atoms with E-state index >= 15 is 0 Å². The number of carbonyl (C=O) groups is 1. The average molecular weight is 325 g/mol. The molecule has 1 fully saturated rings. The maximum atomic E-state index is 12.3. The Balaban J connectivity index is 1.57. The fraction of sp³-hybridized carbons (Fsp3) is 0.500. The molecule has 0 radical (unpaired) electrons. The van der Waals surface area contributed by atoms with E-state index in [0.717, 1.165) is 18.7 Å². The maximum Gasteiger partial charge on any atom is 0.221 e. The molecule has 3 rings (SSSR count). The van der Waals surface area contributed by atoms with Crippen molar-refractivity contribution in [3.63, 3.8) is 0 Å². The second-order valence-electron chi connectivity index (χ2n) is 7.43. The Morgan fingerprint density at radius 1 is 1.29 bits per heavy atom. The van der Waals surface area contributed by atoms with Gasteiger partial charge in [0.25, 0.3) is 0 Å². The Kier molecular flexibility index (Phi) is 4.48. The summed E-state index contributed by atoms with van der Waals surface area (Å²) in [5, 5.41) is 3.17. The Labute approximate surface area is 144 Å². The van der Waals surface area contributed by atoms with Gasteiger partial charge in [-0.25, -0.2) is 4.98 Å². The number of rotatable bonds is 7. The molecule has 1 N–H and O–H groups in total. The van der Waals surface area contributed by atoms with E-state index in [4.69, 9.17) is 0 Å². The summed E-state index contributed by atoms with van der Waals surface area (Å²) >= 11 is 0. The van der Waals surface area contributed by atoms with Crippen LogP contribution in [0.15, 0.2) is 42.7 Å². The van der Waals surface area contributed by atoms with Crippen LogP contribution in [-0.4, -0.2) is 22.0 Å². The lowest BCUT2D eigenvalue weighted by Gasteiger charge is -2.22. The molecule has 4 heteroatoms. The summed E-state index contributed by atoms with van der Waals surface area (Å²) in [7, 11) is 0. The van der Waals surface area contributed by atoms with E-state index < -0.39 is 0 Å². The summed E-state index contributed by atoms with van der Waals surface area (Å²) in [5.41, 5.74) is 1.65. The van der Waals surface area contributed by atoms with Crippen LogP contribution in [0, 0.1) is 5.41 Å². The van der Waals surface area contributed by atoms with Crippen LogP contribution in [0.2, 0.25) is 0 Å². The summed E-state index contributed by atoms with van der Waals surface area (Å²) in [6.45, 7) is 8.05. The number of aryl methyl sites for hydroxylation is 2. The van der Waals surface area contributed by atoms with Crippen LogP contribution >= 0.6 is 0 Å². The third kappa shape index (κ3) is 3.10. The molecule has 1 atom stereocenters. The molecule has 0 aliphatic heterocycles. The van der Waals surface area contributed by atoms with Crippen molar-refractivity contribution >= 4 is 5.91 Å². The predicted octanol–water partition coefficient (Wildman–Crippen LogP) is 3.32. The molecule has 0 saturated heterocycles. The van der Waals surface area contributed by atoms with E-state index in [1.54, 1.807) is 6.20 Å². The highest BCUT2D eigenvalue weighted by Crippen LogP contribution is 2.63. The van der Waals surface area contributed by atoms with Crippen molar-refractivity contribution in [2.24, 2.45) is 5.41 Å². The number of nitrogens with one attached hydrogen (secondary N) is 1. The van der Waals surface area contributed by atoms with Gasteiger partial charge in [0, 0.05) is 43.7 Å². The minimum Gasteiger partial charge on any atom is -0.355 e. The van der Waals surface area contributed by atoms with Crippen molar-refractivity contribution in [3.8, 4) is 0 Å². The zero-order chi connectivity index (χ0) is 17.2. The smallest absolute Gasteiger partial charge is 0.221 e. The fourth-order valence-electron chi connectivity index (χ4n) is 3.78. The summed E-state index contributed by atoms with van der Waals surface area (Å²) in [4.78, 5) is 16.6. The average Bonchev–Trinajstić information content (AvgIpc) is 2.94. The highest BCUT2D eigenvalue weighted by molar-refractivity contribution is 5.76. The Morgan fingerprint density at radius 2 is 2.00 bits per heavy atom. The number of hydrogen-bond donors (Lipinski definition) is 1. The first kappa shape index (κ1) is 16.7. The van der Waals surface area contributed by atoms with E-state index in [1.165, 1.54) is 5.56 Å². The molecule has 1 aliphatic carbocycles. The zero-order valence-electron chi connectivity index (χ0n) is 14.9. The Hall–Kier alpha value is -2.10. The van der Waals surface area contributed by atoms with E-state index in [2.05, 4.69) is 59.9 Å². The number of imidazole rings is 1. The molecule has 128 valence electrons. The standard InChI is InChI=1S/C20H27N3O/c1-4-17-21-11-13-23(17)12-10-18(24)22-15-20(14-19(20,2)3)16-8-6-5-7-9-16/h5-9,11,13H,4,10,12,14-15H2,1-3H3,(H,22,24). The SMILES string of the molecule is CCc1nccn1CCC(=O)NCC1(c2ccccc2)CC1(C)C. The van der Waals surface area contributed by atoms with Crippen LogP contribution in [-0.2, 0) is 23.2 Å². The monoisotopic (exact) mass is 325 g/mol. The van der Waals surface area contributed by atoms with Crippen LogP contribution in [0.1, 0.15) is 45.0 Å². The summed E-state index contributed by atoms with van der Waals surface area (Å²) in [5.74, 6) is 1.15. The minimum absolute atomic E-state index is 0.0769. The van der Waals surface area contributed by atoms with Crippen molar-refractivity contribution < 1.29 is 4.79 Å². The van der Waals surface area contributed by atoms with Crippen molar-refractivity contribution in [3.05, 3.63) is 54.1 Å². The molecule has 1 heterocycles. The lowest BCUT2D eigenvalue weighted by Crippen LogP contribution is -2.35. The molecule has 0 spiro atoms. The topological polar surface area (TPSA) is 46.9 Å². The summed E-state index contributed by atoms with van der Waals surface area (Å²) in [6, 6.07) is 10.6. The van der Waals surface area contributed by atoms with E-state index in [0.29, 0.717) is 19.5 Å². The van der Waals surface area contributed by atoms with Gasteiger partial charge in [-0.15, -0.1) is 0 Å². The fourth-order valence-corrected chi connectivity index (χ4v) is 3.78. The predicted molar refractivity (Wildman–Crippen MR) is 95.7 cm³/mol. The quantitative estimate of drug-likeness (QED) is 0.849. The van der Waals surface area contributed by atoms with Crippen LogP contribution in [0.3, 0.4) is 0 Å². The number of hydrogen-bond acceptors (Lipinski definition) is 2. The summed E-state index contributed by atoms with van der Waals surface area (Å²) < 4.78 is 2.06. The number of nitrogens with zero attached hydrogens (tertiary/aromatic N) is 2. The van der Waals surface area contributed by atoms with Gasteiger partial charge in [0.2, 0.25) is 5.91 Å². The van der Waals surface area contributed by atoms with Gasteiger partial charge in [-0.1, -0.05) is 51.1 Å². The van der Waals surface area contributed by atoms with Gasteiger partial charge in [-0.2, -0.15) is 0 Å². The lowest BCUT2D eigenvalue weighted by atomic mass is 9.88. The first-order valence-electron chi connectivity index (χ1n) is 8.81. The molecule has 1 aliphatic rings. The van der Waals surface area contributed by atoms with Crippen molar-refractivity contribution in [2.45, 2.75) is 52.0 Å². The molecular formula is C20H27N3O. The first-order valence-corrected chi connectivity index (χ1v) is 8.81. The third-order valence-electron chi connectivity index (χ3n) is 5.53. The first-order chi connectivity index (χ1) is 11.5. The molecule has 4 nitrogen and oxygen atoms in total. The van der Waals surface area contributed by atoms with Gasteiger partial charge >= 0.3 is 0 Å². The molecule has 1 saturated carbocycles. The number of aromatic nitrogens is 2. The number of benzene rings is 1. The van der Waals surface area contributed by atoms with E-state index in [-0.39, 0.29) is 16.7 Å². The molecule has 1 amide bonds. The van der Waals surface area contributed by atoms with Crippen LogP contribution in [0.25, 0.3) is 0 Å². The van der Waals surface area contributed by atoms with Gasteiger partial charge in [-0.3, -0.25) is 4.79 Å². The van der Waals surface area contributed by atoms with Crippen molar-refractivity contribution in [1.29, 1.82) is 0 Å². The number of amides is 1. The molecule has 1 unspecified atom stereocenters. The minimum atomic E-state index is 0.0769. The van der Waals surface area contributed by atoms with E-state index in [1.807, 2.05) is 12.3 Å². The van der Waals surface area contributed by atoms with E-state index in [9.17, 15) is 4.79 Å². The highest BCUT2D eigenvalue weighted by Gasteiger charge is 2.61.